The Bertz CT molecular complexity index is 777. The highest BCUT2D eigenvalue weighted by atomic mass is 16.3. The average molecular weight is 311 g/mol. The summed E-state index contributed by atoms with van der Waals surface area (Å²) >= 11 is 0. The molecule has 4 nitrogen and oxygen atoms in total. The standard InChI is InChI=1S/C19H21NO3/c1-2-3-9-14-18(22)17-15(20-19(14)23)10-13(11-16(17)21)12-7-5-4-6-8-12/h4-8,13H,2-3,9-11H2,1H3,(H2,20,22,23)/t13-/m0/s1. The molecule has 2 N–H and O–H groups in total. The number of rotatable bonds is 4. The molecular formula is C19H21NO3. The van der Waals surface area contributed by atoms with E-state index in [9.17, 15) is 14.7 Å². The van der Waals surface area contributed by atoms with Crippen molar-refractivity contribution in [3.8, 4) is 5.75 Å². The second-order valence-electron chi connectivity index (χ2n) is 6.18. The van der Waals surface area contributed by atoms with E-state index in [1.54, 1.807) is 0 Å². The number of carbonyl (C=O) groups excluding carboxylic acids is 1. The van der Waals surface area contributed by atoms with Crippen molar-refractivity contribution in [2.24, 2.45) is 0 Å². The minimum atomic E-state index is -0.267. The number of benzene rings is 1. The van der Waals surface area contributed by atoms with Gasteiger partial charge in [0.15, 0.2) is 5.78 Å². The maximum Gasteiger partial charge on any atom is 0.255 e. The largest absolute Gasteiger partial charge is 0.507 e. The number of pyridine rings is 1. The van der Waals surface area contributed by atoms with Gasteiger partial charge in [-0.05, 0) is 30.7 Å². The highest BCUT2D eigenvalue weighted by molar-refractivity contribution is 6.01. The zero-order valence-electron chi connectivity index (χ0n) is 13.3. The average Bonchev–Trinajstić information content (AvgIpc) is 2.54. The zero-order chi connectivity index (χ0) is 16.4. The first kappa shape index (κ1) is 15.5. The summed E-state index contributed by atoms with van der Waals surface area (Å²) < 4.78 is 0. The Kier molecular flexibility index (Phi) is 4.33. The normalized spacial score (nSPS) is 17.1. The fourth-order valence-electron chi connectivity index (χ4n) is 3.32. The van der Waals surface area contributed by atoms with Crippen LogP contribution in [-0.4, -0.2) is 15.9 Å². The molecule has 0 unspecified atom stereocenters. The van der Waals surface area contributed by atoms with Crippen molar-refractivity contribution in [2.75, 3.05) is 0 Å². The van der Waals surface area contributed by atoms with Crippen LogP contribution in [0.1, 0.15) is 59.3 Å². The van der Waals surface area contributed by atoms with Gasteiger partial charge in [0, 0.05) is 12.1 Å². The summed E-state index contributed by atoms with van der Waals surface area (Å²) in [5, 5.41) is 10.4. The molecular weight excluding hydrogens is 290 g/mol. The Morgan fingerprint density at radius 3 is 2.61 bits per heavy atom. The van der Waals surface area contributed by atoms with Crippen molar-refractivity contribution in [1.29, 1.82) is 0 Å². The second kappa shape index (κ2) is 6.41. The SMILES string of the molecule is CCCCc1c(O)c2c([nH]c1=O)C[C@H](c1ccccc1)CC2=O. The van der Waals surface area contributed by atoms with Crippen LogP contribution < -0.4 is 5.56 Å². The first-order chi connectivity index (χ1) is 11.1. The number of aromatic nitrogens is 1. The van der Waals surface area contributed by atoms with Crippen molar-refractivity contribution in [3.05, 3.63) is 63.1 Å². The predicted octanol–water partition coefficient (Wildman–Crippen LogP) is 3.34. The Morgan fingerprint density at radius 2 is 1.91 bits per heavy atom. The fourth-order valence-corrected chi connectivity index (χ4v) is 3.32. The van der Waals surface area contributed by atoms with Gasteiger partial charge in [0.1, 0.15) is 5.75 Å². The lowest BCUT2D eigenvalue weighted by molar-refractivity contribution is 0.0959. The summed E-state index contributed by atoms with van der Waals surface area (Å²) in [4.78, 5) is 27.6. The second-order valence-corrected chi connectivity index (χ2v) is 6.18. The maximum absolute atomic E-state index is 12.5. The molecule has 3 rings (SSSR count). The first-order valence-electron chi connectivity index (χ1n) is 8.17. The third-order valence-corrected chi connectivity index (χ3v) is 4.58. The van der Waals surface area contributed by atoms with E-state index in [0.717, 1.165) is 18.4 Å². The Hall–Kier alpha value is -2.36. The van der Waals surface area contributed by atoms with Gasteiger partial charge in [-0.1, -0.05) is 43.7 Å². The minimum Gasteiger partial charge on any atom is -0.507 e. The van der Waals surface area contributed by atoms with E-state index in [0.29, 0.717) is 36.1 Å². The van der Waals surface area contributed by atoms with E-state index in [1.165, 1.54) is 0 Å². The highest BCUT2D eigenvalue weighted by Gasteiger charge is 2.31. The van der Waals surface area contributed by atoms with Gasteiger partial charge in [-0.2, -0.15) is 0 Å². The highest BCUT2D eigenvalue weighted by Crippen LogP contribution is 2.36. The van der Waals surface area contributed by atoms with Gasteiger partial charge in [0.05, 0.1) is 11.1 Å². The molecule has 1 heterocycles. The van der Waals surface area contributed by atoms with Gasteiger partial charge >= 0.3 is 0 Å². The molecule has 0 amide bonds. The van der Waals surface area contributed by atoms with E-state index in [-0.39, 0.29) is 23.0 Å². The van der Waals surface area contributed by atoms with Crippen LogP contribution in [0, 0.1) is 0 Å². The maximum atomic E-state index is 12.5. The number of unbranched alkanes of at least 4 members (excludes halogenated alkanes) is 1. The number of hydrogen-bond donors (Lipinski definition) is 2. The number of Topliss-reactive ketones (excluding diaryl/α,β-unsaturated/α-hetero) is 1. The molecule has 0 spiro atoms. The predicted molar refractivity (Wildman–Crippen MR) is 89.2 cm³/mol. The van der Waals surface area contributed by atoms with Crippen LogP contribution in [-0.2, 0) is 12.8 Å². The zero-order valence-corrected chi connectivity index (χ0v) is 13.3. The quantitative estimate of drug-likeness (QED) is 0.910. The molecule has 4 heteroatoms. The smallest absolute Gasteiger partial charge is 0.255 e. The number of hydrogen-bond acceptors (Lipinski definition) is 3. The molecule has 1 aromatic carbocycles. The molecule has 0 bridgehead atoms. The van der Waals surface area contributed by atoms with Crippen molar-refractivity contribution in [1.82, 2.24) is 4.98 Å². The molecule has 0 saturated heterocycles. The van der Waals surface area contributed by atoms with E-state index in [2.05, 4.69) is 4.98 Å². The van der Waals surface area contributed by atoms with Crippen molar-refractivity contribution >= 4 is 5.78 Å². The van der Waals surface area contributed by atoms with Crippen molar-refractivity contribution < 1.29 is 9.90 Å². The van der Waals surface area contributed by atoms with Crippen LogP contribution in [0.25, 0.3) is 0 Å². The van der Waals surface area contributed by atoms with Gasteiger partial charge in [0.2, 0.25) is 0 Å². The summed E-state index contributed by atoms with van der Waals surface area (Å²) in [6.07, 6.45) is 3.18. The summed E-state index contributed by atoms with van der Waals surface area (Å²) in [6.45, 7) is 2.03. The summed E-state index contributed by atoms with van der Waals surface area (Å²) in [6, 6.07) is 9.83. The first-order valence-corrected chi connectivity index (χ1v) is 8.17. The number of fused-ring (bicyclic) bond motifs is 1. The van der Waals surface area contributed by atoms with Gasteiger partial charge in [-0.3, -0.25) is 9.59 Å². The number of H-pyrrole nitrogens is 1. The number of aromatic amines is 1. The molecule has 2 aromatic rings. The third kappa shape index (κ3) is 2.93. The Morgan fingerprint density at radius 1 is 1.17 bits per heavy atom. The van der Waals surface area contributed by atoms with Crippen LogP contribution >= 0.6 is 0 Å². The lowest BCUT2D eigenvalue weighted by atomic mass is 9.81. The van der Waals surface area contributed by atoms with Gasteiger partial charge in [-0.25, -0.2) is 0 Å². The van der Waals surface area contributed by atoms with Gasteiger partial charge < -0.3 is 10.1 Å². The summed E-state index contributed by atoms with van der Waals surface area (Å²) in [5.41, 5.74) is 2.05. The molecule has 1 aromatic heterocycles. The van der Waals surface area contributed by atoms with E-state index in [1.807, 2.05) is 37.3 Å². The van der Waals surface area contributed by atoms with Crippen molar-refractivity contribution in [2.45, 2.75) is 44.9 Å². The topological polar surface area (TPSA) is 70.2 Å². The Labute approximate surface area is 135 Å². The van der Waals surface area contributed by atoms with Gasteiger partial charge in [-0.15, -0.1) is 0 Å². The van der Waals surface area contributed by atoms with E-state index in [4.69, 9.17) is 0 Å². The Balaban J connectivity index is 2.00. The summed E-state index contributed by atoms with van der Waals surface area (Å²) in [5.74, 6) is -0.145. The molecule has 1 aliphatic rings. The third-order valence-electron chi connectivity index (χ3n) is 4.58. The molecule has 1 aliphatic carbocycles. The number of ketones is 1. The molecule has 0 radical (unpaired) electrons. The van der Waals surface area contributed by atoms with Crippen LogP contribution in [0.2, 0.25) is 0 Å². The van der Waals surface area contributed by atoms with Crippen LogP contribution in [0.3, 0.4) is 0 Å². The monoisotopic (exact) mass is 311 g/mol. The molecule has 0 fully saturated rings. The molecule has 120 valence electrons. The van der Waals surface area contributed by atoms with Crippen LogP contribution in [0.15, 0.2) is 35.1 Å². The van der Waals surface area contributed by atoms with E-state index < -0.39 is 0 Å². The lowest BCUT2D eigenvalue weighted by Crippen LogP contribution is -2.26. The van der Waals surface area contributed by atoms with Crippen LogP contribution in [0.5, 0.6) is 5.75 Å². The number of carbonyl (C=O) groups is 1. The van der Waals surface area contributed by atoms with Crippen molar-refractivity contribution in [3.63, 3.8) is 0 Å². The number of aromatic hydroxyl groups is 1. The van der Waals surface area contributed by atoms with Crippen LogP contribution in [0.4, 0.5) is 0 Å². The fraction of sp³-hybridized carbons (Fsp3) is 0.368. The molecule has 0 saturated carbocycles. The molecule has 23 heavy (non-hydrogen) atoms. The molecule has 1 atom stereocenters. The van der Waals surface area contributed by atoms with E-state index >= 15 is 0 Å². The molecule has 0 aliphatic heterocycles. The lowest BCUT2D eigenvalue weighted by Gasteiger charge is -2.25. The van der Waals surface area contributed by atoms with Gasteiger partial charge in [0.25, 0.3) is 5.56 Å². The number of nitrogens with one attached hydrogen (secondary N) is 1. The minimum absolute atomic E-state index is 0.0488. The summed E-state index contributed by atoms with van der Waals surface area (Å²) in [7, 11) is 0.